The van der Waals surface area contributed by atoms with Crippen LogP contribution in [-0.4, -0.2) is 55.3 Å². The van der Waals surface area contributed by atoms with E-state index in [2.05, 4.69) is 15.0 Å². The first-order valence-corrected chi connectivity index (χ1v) is 7.05. The van der Waals surface area contributed by atoms with Crippen molar-refractivity contribution in [3.05, 3.63) is 12.7 Å². The van der Waals surface area contributed by atoms with Gasteiger partial charge in [-0.2, -0.15) is 0 Å². The van der Waals surface area contributed by atoms with Crippen LogP contribution in [0.2, 0.25) is 0 Å². The molecule has 2 aromatic heterocycles. The summed E-state index contributed by atoms with van der Waals surface area (Å²) in [6.07, 6.45) is 1.30. The Kier molecular flexibility index (Phi) is 2.89. The Labute approximate surface area is 126 Å². The second kappa shape index (κ2) is 4.59. The zero-order valence-electron chi connectivity index (χ0n) is 12.2. The van der Waals surface area contributed by atoms with Gasteiger partial charge >= 0.3 is 0 Å². The van der Waals surface area contributed by atoms with Crippen molar-refractivity contribution < 1.29 is 19.3 Å². The van der Waals surface area contributed by atoms with E-state index in [0.29, 0.717) is 17.0 Å². The average molecular weight is 307 g/mol. The number of aliphatic hydroxyl groups is 1. The van der Waals surface area contributed by atoms with Crippen LogP contribution in [0.1, 0.15) is 20.1 Å². The highest BCUT2D eigenvalue weighted by Gasteiger charge is 2.55. The number of rotatable bonds is 2. The van der Waals surface area contributed by atoms with Crippen LogP contribution in [0.3, 0.4) is 0 Å². The second-order valence-electron chi connectivity index (χ2n) is 5.90. The minimum atomic E-state index is -0.727. The molecule has 0 aromatic carbocycles. The van der Waals surface area contributed by atoms with E-state index in [9.17, 15) is 5.11 Å². The summed E-state index contributed by atoms with van der Waals surface area (Å²) in [5.74, 6) is -0.421. The zero-order valence-corrected chi connectivity index (χ0v) is 12.2. The molecule has 2 aliphatic rings. The minimum Gasteiger partial charge on any atom is -0.394 e. The Bertz CT molecular complexity index is 718. The molecule has 0 saturated carbocycles. The molecule has 0 spiro atoms. The van der Waals surface area contributed by atoms with Crippen molar-refractivity contribution in [2.75, 3.05) is 12.3 Å². The van der Waals surface area contributed by atoms with E-state index < -0.39 is 18.1 Å². The highest BCUT2D eigenvalue weighted by atomic mass is 16.8. The summed E-state index contributed by atoms with van der Waals surface area (Å²) < 4.78 is 19.4. The SMILES string of the molecule is CC1(C)O[C@@H]2[C@H](O1)[C@@H](CO)O[C@H]2n1cnc2c(N)ncnc21. The molecule has 4 heterocycles. The number of aromatic nitrogens is 4. The number of nitrogens with two attached hydrogens (primary N) is 1. The molecule has 9 heteroatoms. The smallest absolute Gasteiger partial charge is 0.167 e. The number of fused-ring (bicyclic) bond motifs is 2. The van der Waals surface area contributed by atoms with Gasteiger partial charge in [-0.1, -0.05) is 0 Å². The van der Waals surface area contributed by atoms with Crippen LogP contribution in [0, 0.1) is 0 Å². The summed E-state index contributed by atoms with van der Waals surface area (Å²) in [5, 5.41) is 9.52. The quantitative estimate of drug-likeness (QED) is 0.784. The summed E-state index contributed by atoms with van der Waals surface area (Å²) in [4.78, 5) is 12.4. The molecule has 0 unspecified atom stereocenters. The molecule has 2 fully saturated rings. The molecule has 0 aliphatic carbocycles. The number of hydrogen-bond acceptors (Lipinski definition) is 8. The van der Waals surface area contributed by atoms with E-state index in [1.807, 2.05) is 13.8 Å². The monoisotopic (exact) mass is 307 g/mol. The van der Waals surface area contributed by atoms with Crippen LogP contribution in [0.25, 0.3) is 11.2 Å². The largest absolute Gasteiger partial charge is 0.394 e. The van der Waals surface area contributed by atoms with Crippen molar-refractivity contribution in [3.63, 3.8) is 0 Å². The van der Waals surface area contributed by atoms with Gasteiger partial charge in [0, 0.05) is 0 Å². The van der Waals surface area contributed by atoms with Gasteiger partial charge in [-0.15, -0.1) is 0 Å². The lowest BCUT2D eigenvalue weighted by Crippen LogP contribution is -2.31. The molecule has 2 aliphatic heterocycles. The average Bonchev–Trinajstić information content (AvgIpc) is 3.10. The molecule has 9 nitrogen and oxygen atoms in total. The highest BCUT2D eigenvalue weighted by molar-refractivity contribution is 5.81. The molecule has 3 N–H and O–H groups in total. The van der Waals surface area contributed by atoms with Crippen LogP contribution >= 0.6 is 0 Å². The van der Waals surface area contributed by atoms with Gasteiger partial charge in [0.05, 0.1) is 12.9 Å². The molecule has 0 bridgehead atoms. The molecular weight excluding hydrogens is 290 g/mol. The first kappa shape index (κ1) is 13.8. The van der Waals surface area contributed by atoms with Gasteiger partial charge in [-0.05, 0) is 13.8 Å². The van der Waals surface area contributed by atoms with Gasteiger partial charge in [-0.3, -0.25) is 4.57 Å². The van der Waals surface area contributed by atoms with Crippen LogP contribution in [0.15, 0.2) is 12.7 Å². The van der Waals surface area contributed by atoms with E-state index in [4.69, 9.17) is 19.9 Å². The van der Waals surface area contributed by atoms with Gasteiger partial charge in [0.15, 0.2) is 23.5 Å². The Morgan fingerprint density at radius 2 is 2.05 bits per heavy atom. The number of hydrogen-bond donors (Lipinski definition) is 2. The first-order chi connectivity index (χ1) is 10.5. The number of imidazole rings is 1. The lowest BCUT2D eigenvalue weighted by Gasteiger charge is -2.24. The van der Waals surface area contributed by atoms with E-state index in [1.165, 1.54) is 6.33 Å². The zero-order chi connectivity index (χ0) is 15.5. The maximum Gasteiger partial charge on any atom is 0.167 e. The number of ether oxygens (including phenoxy) is 3. The Balaban J connectivity index is 1.77. The molecule has 2 aromatic rings. The molecule has 0 radical (unpaired) electrons. The van der Waals surface area contributed by atoms with Crippen LogP contribution in [-0.2, 0) is 14.2 Å². The molecule has 0 amide bonds. The van der Waals surface area contributed by atoms with Crippen LogP contribution < -0.4 is 5.73 Å². The topological polar surface area (TPSA) is 118 Å². The summed E-state index contributed by atoms with van der Waals surface area (Å²) in [5.41, 5.74) is 6.87. The van der Waals surface area contributed by atoms with Crippen molar-refractivity contribution in [2.24, 2.45) is 0 Å². The number of aliphatic hydroxyl groups excluding tert-OH is 1. The van der Waals surface area contributed by atoms with E-state index in [1.54, 1.807) is 10.9 Å². The van der Waals surface area contributed by atoms with Gasteiger partial charge in [0.1, 0.15) is 30.2 Å². The molecule has 4 rings (SSSR count). The Hall–Kier alpha value is -1.81. The van der Waals surface area contributed by atoms with E-state index >= 15 is 0 Å². The lowest BCUT2D eigenvalue weighted by atomic mass is 10.1. The first-order valence-electron chi connectivity index (χ1n) is 7.05. The Morgan fingerprint density at radius 1 is 1.27 bits per heavy atom. The number of anilines is 1. The van der Waals surface area contributed by atoms with Crippen molar-refractivity contribution in [2.45, 2.75) is 44.2 Å². The lowest BCUT2D eigenvalue weighted by molar-refractivity contribution is -0.199. The second-order valence-corrected chi connectivity index (χ2v) is 5.90. The fourth-order valence-electron chi connectivity index (χ4n) is 3.09. The third-order valence-corrected chi connectivity index (χ3v) is 3.97. The predicted molar refractivity (Wildman–Crippen MR) is 74.6 cm³/mol. The van der Waals surface area contributed by atoms with Crippen molar-refractivity contribution in [1.82, 2.24) is 19.5 Å². The molecule has 2 saturated heterocycles. The maximum atomic E-state index is 9.52. The molecular formula is C13H17N5O4. The van der Waals surface area contributed by atoms with Gasteiger partial charge in [0.2, 0.25) is 0 Å². The fraction of sp³-hybridized carbons (Fsp3) is 0.615. The van der Waals surface area contributed by atoms with Crippen molar-refractivity contribution in [1.29, 1.82) is 0 Å². The fourth-order valence-corrected chi connectivity index (χ4v) is 3.09. The number of nitrogen functional groups attached to an aromatic ring is 1. The van der Waals surface area contributed by atoms with Gasteiger partial charge in [-0.25, -0.2) is 15.0 Å². The standard InChI is InChI=1S/C13H17N5O4/c1-13(2)21-8-6(3-19)20-12(9(8)22-13)18-5-17-7-10(14)15-4-16-11(7)18/h4-6,8-9,12,19H,3H2,1-2H3,(H2,14,15,16)/t6-,8-,9-,12-/m1/s1. The maximum absolute atomic E-state index is 9.52. The summed E-state index contributed by atoms with van der Waals surface area (Å²) in [7, 11) is 0. The third-order valence-electron chi connectivity index (χ3n) is 3.97. The number of nitrogens with zero attached hydrogens (tertiary/aromatic N) is 4. The van der Waals surface area contributed by atoms with Crippen LogP contribution in [0.4, 0.5) is 5.82 Å². The van der Waals surface area contributed by atoms with Crippen molar-refractivity contribution in [3.8, 4) is 0 Å². The summed E-state index contributed by atoms with van der Waals surface area (Å²) in [6, 6.07) is 0. The molecule has 4 atom stereocenters. The summed E-state index contributed by atoms with van der Waals surface area (Å²) in [6.45, 7) is 3.52. The van der Waals surface area contributed by atoms with E-state index in [-0.39, 0.29) is 18.8 Å². The highest BCUT2D eigenvalue weighted by Crippen LogP contribution is 2.43. The normalized spacial score (nSPS) is 33.4. The molecule has 22 heavy (non-hydrogen) atoms. The predicted octanol–water partition coefficient (Wildman–Crippen LogP) is -0.182. The molecule has 118 valence electrons. The van der Waals surface area contributed by atoms with Gasteiger partial charge < -0.3 is 25.1 Å². The summed E-state index contributed by atoms with van der Waals surface area (Å²) >= 11 is 0. The van der Waals surface area contributed by atoms with E-state index in [0.717, 1.165) is 0 Å². The Morgan fingerprint density at radius 3 is 2.82 bits per heavy atom. The minimum absolute atomic E-state index is 0.152. The van der Waals surface area contributed by atoms with Crippen molar-refractivity contribution >= 4 is 17.0 Å². The third kappa shape index (κ3) is 1.90. The van der Waals surface area contributed by atoms with Crippen LogP contribution in [0.5, 0.6) is 0 Å². The van der Waals surface area contributed by atoms with Gasteiger partial charge in [0.25, 0.3) is 0 Å².